The van der Waals surface area contributed by atoms with Crippen LogP contribution in [0, 0.1) is 5.92 Å². The average Bonchev–Trinajstić information content (AvgIpc) is 3.18. The maximum atomic E-state index is 13.0. The largest absolute Gasteiger partial charge is 0.481 e. The van der Waals surface area contributed by atoms with Crippen molar-refractivity contribution in [3.05, 3.63) is 29.8 Å². The molecule has 0 radical (unpaired) electrons. The summed E-state index contributed by atoms with van der Waals surface area (Å²) in [4.78, 5) is 25.4. The molecule has 1 aromatic rings. The topological polar surface area (TPSA) is 95.0 Å². The van der Waals surface area contributed by atoms with Gasteiger partial charge in [0.05, 0.1) is 10.8 Å². The number of carboxylic acids is 1. The summed E-state index contributed by atoms with van der Waals surface area (Å²) in [5, 5.41) is 9.10. The molecule has 0 bridgehead atoms. The lowest BCUT2D eigenvalue weighted by Crippen LogP contribution is -2.38. The normalized spacial score (nSPS) is 21.6. The summed E-state index contributed by atoms with van der Waals surface area (Å²) >= 11 is 0. The number of hydrogen-bond acceptors (Lipinski definition) is 4. The fraction of sp³-hybridized carbons (Fsp3) is 0.579. The molecule has 1 saturated carbocycles. The van der Waals surface area contributed by atoms with E-state index in [0.717, 1.165) is 32.1 Å². The van der Waals surface area contributed by atoms with Crippen molar-refractivity contribution in [2.75, 3.05) is 20.1 Å². The Bertz CT molecular complexity index is 817. The first kappa shape index (κ1) is 19.8. The van der Waals surface area contributed by atoms with Gasteiger partial charge in [-0.05, 0) is 37.5 Å². The van der Waals surface area contributed by atoms with Crippen LogP contribution in [0.25, 0.3) is 0 Å². The Balaban J connectivity index is 1.78. The van der Waals surface area contributed by atoms with Gasteiger partial charge in [-0.3, -0.25) is 9.59 Å². The molecule has 1 unspecified atom stereocenters. The number of carbonyl (C=O) groups is 2. The number of amides is 1. The second-order valence-electron chi connectivity index (χ2n) is 7.42. The number of likely N-dealkylation sites (tertiary alicyclic amines) is 1. The number of sulfonamides is 1. The van der Waals surface area contributed by atoms with Gasteiger partial charge in [0.2, 0.25) is 10.0 Å². The molecule has 0 aromatic heterocycles. The third kappa shape index (κ3) is 4.16. The van der Waals surface area contributed by atoms with Crippen LogP contribution in [0.3, 0.4) is 0 Å². The third-order valence-corrected chi connectivity index (χ3v) is 7.58. The number of hydrogen-bond donors (Lipinski definition) is 1. The fourth-order valence-electron chi connectivity index (χ4n) is 3.93. The quantitative estimate of drug-likeness (QED) is 0.826. The smallest absolute Gasteiger partial charge is 0.308 e. The molecule has 1 amide bonds. The minimum atomic E-state index is -3.67. The van der Waals surface area contributed by atoms with E-state index in [9.17, 15) is 18.0 Å². The molecular formula is C19H26N2O5S. The molecule has 0 spiro atoms. The van der Waals surface area contributed by atoms with E-state index in [0.29, 0.717) is 13.0 Å². The van der Waals surface area contributed by atoms with E-state index < -0.39 is 21.9 Å². The van der Waals surface area contributed by atoms with E-state index in [2.05, 4.69) is 0 Å². The molecule has 1 N–H and O–H groups in total. The number of carboxylic acid groups (broad SMARTS) is 1. The number of aliphatic carboxylic acids is 1. The highest BCUT2D eigenvalue weighted by molar-refractivity contribution is 7.89. The SMILES string of the molecule is CN(C1CCCCC1)S(=O)(=O)c1cccc(C(=O)N2CCC(C(=O)O)C2)c1. The third-order valence-electron chi connectivity index (χ3n) is 5.67. The predicted octanol–water partition coefficient (Wildman–Crippen LogP) is 2.19. The lowest BCUT2D eigenvalue weighted by molar-refractivity contribution is -0.141. The summed E-state index contributed by atoms with van der Waals surface area (Å²) in [6.07, 6.45) is 5.34. The van der Waals surface area contributed by atoms with Crippen LogP contribution < -0.4 is 0 Å². The molecule has 1 saturated heterocycles. The minimum absolute atomic E-state index is 0.00184. The molecule has 1 aliphatic heterocycles. The summed E-state index contributed by atoms with van der Waals surface area (Å²) in [5.74, 6) is -1.79. The van der Waals surface area contributed by atoms with E-state index >= 15 is 0 Å². The maximum Gasteiger partial charge on any atom is 0.308 e. The van der Waals surface area contributed by atoms with Crippen molar-refractivity contribution in [3.8, 4) is 0 Å². The van der Waals surface area contributed by atoms with Gasteiger partial charge in [-0.15, -0.1) is 0 Å². The molecule has 2 fully saturated rings. The van der Waals surface area contributed by atoms with Crippen LogP contribution in [0.15, 0.2) is 29.2 Å². The van der Waals surface area contributed by atoms with Crippen molar-refractivity contribution in [3.63, 3.8) is 0 Å². The average molecular weight is 394 g/mol. The van der Waals surface area contributed by atoms with Gasteiger partial charge in [-0.1, -0.05) is 25.3 Å². The molecule has 3 rings (SSSR count). The second-order valence-corrected chi connectivity index (χ2v) is 9.41. The van der Waals surface area contributed by atoms with Gasteiger partial charge in [-0.25, -0.2) is 8.42 Å². The first-order valence-electron chi connectivity index (χ1n) is 9.41. The van der Waals surface area contributed by atoms with E-state index in [-0.39, 0.29) is 29.0 Å². The lowest BCUT2D eigenvalue weighted by Gasteiger charge is -2.30. The van der Waals surface area contributed by atoms with Gasteiger partial charge in [-0.2, -0.15) is 4.31 Å². The fourth-order valence-corrected chi connectivity index (χ4v) is 5.39. The maximum absolute atomic E-state index is 13.0. The Morgan fingerprint density at radius 1 is 1.15 bits per heavy atom. The van der Waals surface area contributed by atoms with Gasteiger partial charge in [0, 0.05) is 31.7 Å². The number of nitrogens with zero attached hydrogens (tertiary/aromatic N) is 2. The van der Waals surface area contributed by atoms with Crippen molar-refractivity contribution >= 4 is 21.9 Å². The molecule has 7 nitrogen and oxygen atoms in total. The minimum Gasteiger partial charge on any atom is -0.481 e. The van der Waals surface area contributed by atoms with Gasteiger partial charge in [0.1, 0.15) is 0 Å². The van der Waals surface area contributed by atoms with Crippen molar-refractivity contribution in [2.45, 2.75) is 49.5 Å². The van der Waals surface area contributed by atoms with E-state index in [1.807, 2.05) is 0 Å². The van der Waals surface area contributed by atoms with Gasteiger partial charge >= 0.3 is 5.97 Å². The van der Waals surface area contributed by atoms with Crippen LogP contribution in [0.2, 0.25) is 0 Å². The Labute approximate surface area is 160 Å². The summed E-state index contributed by atoms with van der Waals surface area (Å²) in [5.41, 5.74) is 0.277. The van der Waals surface area contributed by atoms with E-state index in [4.69, 9.17) is 5.11 Å². The van der Waals surface area contributed by atoms with E-state index in [1.165, 1.54) is 21.3 Å². The van der Waals surface area contributed by atoms with Crippen molar-refractivity contribution in [1.82, 2.24) is 9.21 Å². The zero-order valence-electron chi connectivity index (χ0n) is 15.5. The van der Waals surface area contributed by atoms with Crippen molar-refractivity contribution in [2.24, 2.45) is 5.92 Å². The molecule has 2 aliphatic rings. The lowest BCUT2D eigenvalue weighted by atomic mass is 9.96. The van der Waals surface area contributed by atoms with Crippen LogP contribution in [-0.2, 0) is 14.8 Å². The standard InChI is InChI=1S/C19H26N2O5S/c1-20(16-7-3-2-4-8-16)27(25,26)17-9-5-6-14(12-17)18(22)21-11-10-15(13-21)19(23)24/h5-6,9,12,15-16H,2-4,7-8,10-11,13H2,1H3,(H,23,24). The predicted molar refractivity (Wildman–Crippen MR) is 99.9 cm³/mol. The Morgan fingerprint density at radius 2 is 1.85 bits per heavy atom. The number of carbonyl (C=O) groups excluding carboxylic acids is 1. The Kier molecular flexibility index (Phi) is 5.86. The summed E-state index contributed by atoms with van der Waals surface area (Å²) in [6, 6.07) is 6.06. The van der Waals surface area contributed by atoms with Crippen LogP contribution in [0.1, 0.15) is 48.9 Å². The van der Waals surface area contributed by atoms with Crippen LogP contribution in [0.4, 0.5) is 0 Å². The molecule has 1 atom stereocenters. The molecule has 1 heterocycles. The van der Waals surface area contributed by atoms with Crippen molar-refractivity contribution in [1.29, 1.82) is 0 Å². The molecule has 8 heteroatoms. The summed E-state index contributed by atoms with van der Waals surface area (Å²) in [6.45, 7) is 0.530. The van der Waals surface area contributed by atoms with Gasteiger partial charge < -0.3 is 10.0 Å². The molecular weight excluding hydrogens is 368 g/mol. The van der Waals surface area contributed by atoms with Crippen LogP contribution in [-0.4, -0.2) is 60.8 Å². The monoisotopic (exact) mass is 394 g/mol. The molecule has 27 heavy (non-hydrogen) atoms. The Hall–Kier alpha value is -1.93. The highest BCUT2D eigenvalue weighted by Gasteiger charge is 2.33. The summed E-state index contributed by atoms with van der Waals surface area (Å²) in [7, 11) is -2.07. The highest BCUT2D eigenvalue weighted by Crippen LogP contribution is 2.27. The molecule has 148 valence electrons. The van der Waals surface area contributed by atoms with Crippen LogP contribution in [0.5, 0.6) is 0 Å². The van der Waals surface area contributed by atoms with Gasteiger partial charge in [0.25, 0.3) is 5.91 Å². The first-order chi connectivity index (χ1) is 12.8. The second kappa shape index (κ2) is 7.98. The van der Waals surface area contributed by atoms with Crippen LogP contribution >= 0.6 is 0 Å². The first-order valence-corrected chi connectivity index (χ1v) is 10.8. The number of benzene rings is 1. The molecule has 1 aliphatic carbocycles. The zero-order chi connectivity index (χ0) is 19.6. The summed E-state index contributed by atoms with van der Waals surface area (Å²) < 4.78 is 27.4. The number of rotatable bonds is 5. The van der Waals surface area contributed by atoms with E-state index in [1.54, 1.807) is 19.2 Å². The van der Waals surface area contributed by atoms with Gasteiger partial charge in [0.15, 0.2) is 0 Å². The Morgan fingerprint density at radius 3 is 2.48 bits per heavy atom. The van der Waals surface area contributed by atoms with Crippen molar-refractivity contribution < 1.29 is 23.1 Å². The molecule has 1 aromatic carbocycles. The highest BCUT2D eigenvalue weighted by atomic mass is 32.2. The zero-order valence-corrected chi connectivity index (χ0v) is 16.3.